The van der Waals surface area contributed by atoms with Crippen LogP contribution in [0.25, 0.3) is 10.2 Å². The van der Waals surface area contributed by atoms with Crippen molar-refractivity contribution in [3.63, 3.8) is 0 Å². The van der Waals surface area contributed by atoms with Crippen LogP contribution < -0.4 is 9.64 Å². The van der Waals surface area contributed by atoms with Gasteiger partial charge in [0.2, 0.25) is 5.91 Å². The van der Waals surface area contributed by atoms with Crippen molar-refractivity contribution in [1.82, 2.24) is 9.88 Å². The number of likely N-dealkylation sites (N-methyl/N-ethyl adjacent to an activating group) is 1. The van der Waals surface area contributed by atoms with Crippen molar-refractivity contribution in [1.29, 1.82) is 0 Å². The minimum absolute atomic E-state index is 0.0872. The molecule has 1 aromatic heterocycles. The van der Waals surface area contributed by atoms with Crippen molar-refractivity contribution < 1.29 is 17.9 Å². The number of carbonyl (C=O) groups is 1. The quantitative estimate of drug-likeness (QED) is 0.528. The molecule has 7 nitrogen and oxygen atoms in total. The molecule has 3 aromatic rings. The number of carbonyl (C=O) groups excluding carboxylic acids is 1. The zero-order valence-electron chi connectivity index (χ0n) is 17.5. The lowest BCUT2D eigenvalue weighted by Crippen LogP contribution is -2.40. The van der Waals surface area contributed by atoms with E-state index in [-0.39, 0.29) is 4.90 Å². The number of thiazole rings is 1. The number of methoxy groups -OCH3 is 1. The molecule has 0 aliphatic heterocycles. The van der Waals surface area contributed by atoms with Crippen LogP contribution >= 0.6 is 11.3 Å². The number of fused-ring (bicyclic) bond motifs is 1. The average molecular weight is 448 g/mol. The van der Waals surface area contributed by atoms with Crippen molar-refractivity contribution in [2.75, 3.05) is 44.9 Å². The van der Waals surface area contributed by atoms with E-state index in [0.29, 0.717) is 24.0 Å². The van der Waals surface area contributed by atoms with Crippen LogP contribution in [0.4, 0.5) is 5.13 Å². The van der Waals surface area contributed by atoms with E-state index in [1.165, 1.54) is 35.5 Å². The molecule has 2 aromatic carbocycles. The Morgan fingerprint density at radius 2 is 1.80 bits per heavy atom. The molecule has 1 heterocycles. The van der Waals surface area contributed by atoms with Gasteiger partial charge >= 0.3 is 0 Å². The topological polar surface area (TPSA) is 79.8 Å². The number of anilines is 1. The molecule has 1 amide bonds. The third-order valence-electron chi connectivity index (χ3n) is 4.57. The van der Waals surface area contributed by atoms with Gasteiger partial charge in [-0.25, -0.2) is 13.4 Å². The summed E-state index contributed by atoms with van der Waals surface area (Å²) in [4.78, 5) is 21.2. The molecule has 3 rings (SSSR count). The predicted molar refractivity (Wildman–Crippen MR) is 120 cm³/mol. The summed E-state index contributed by atoms with van der Waals surface area (Å²) >= 11 is 1.39. The van der Waals surface area contributed by atoms with Crippen LogP contribution in [0.15, 0.2) is 47.4 Å². The number of benzene rings is 2. The van der Waals surface area contributed by atoms with Gasteiger partial charge in [-0.15, -0.1) is 0 Å². The fourth-order valence-corrected chi connectivity index (χ4v) is 5.17. The molecular weight excluding hydrogens is 422 g/mol. The highest BCUT2D eigenvalue weighted by Crippen LogP contribution is 2.30. The summed E-state index contributed by atoms with van der Waals surface area (Å²) in [6, 6.07) is 11.9. The molecule has 0 aliphatic carbocycles. The number of hydrogen-bond donors (Lipinski definition) is 0. The van der Waals surface area contributed by atoms with Gasteiger partial charge in [0.15, 0.2) is 15.0 Å². The maximum Gasteiger partial charge on any atom is 0.244 e. The lowest BCUT2D eigenvalue weighted by atomic mass is 10.2. The zero-order chi connectivity index (χ0) is 21.9. The summed E-state index contributed by atoms with van der Waals surface area (Å²) in [5.41, 5.74) is 1.90. The zero-order valence-corrected chi connectivity index (χ0v) is 19.1. The van der Waals surface area contributed by atoms with Gasteiger partial charge in [0, 0.05) is 13.1 Å². The molecule has 0 radical (unpaired) electrons. The lowest BCUT2D eigenvalue weighted by molar-refractivity contribution is -0.116. The average Bonchev–Trinajstić information content (AvgIpc) is 3.10. The minimum atomic E-state index is -3.80. The van der Waals surface area contributed by atoms with E-state index in [2.05, 4.69) is 4.98 Å². The van der Waals surface area contributed by atoms with Gasteiger partial charge in [0.05, 0.1) is 22.2 Å². The largest absolute Gasteiger partial charge is 0.497 e. The predicted octanol–water partition coefficient (Wildman–Crippen LogP) is 2.98. The van der Waals surface area contributed by atoms with Crippen molar-refractivity contribution >= 4 is 42.4 Å². The first kappa shape index (κ1) is 22.2. The smallest absolute Gasteiger partial charge is 0.244 e. The first-order chi connectivity index (χ1) is 14.2. The Morgan fingerprint density at radius 3 is 2.43 bits per heavy atom. The van der Waals surface area contributed by atoms with Crippen LogP contribution in [0.5, 0.6) is 5.75 Å². The standard InChI is InChI=1S/C21H25N3O4S2/c1-15-5-10-18-19(13-15)29-21(22-18)24(12-11-23(2)3)20(25)14-30(26,27)17-8-6-16(28-4)7-9-17/h5-10,13H,11-12,14H2,1-4H3. The SMILES string of the molecule is COc1ccc(S(=O)(=O)CC(=O)N(CCN(C)C)c2nc3ccc(C)cc3s2)cc1. The van der Waals surface area contributed by atoms with E-state index in [9.17, 15) is 13.2 Å². The molecule has 30 heavy (non-hydrogen) atoms. The lowest BCUT2D eigenvalue weighted by Gasteiger charge is -2.22. The number of ether oxygens (including phenoxy) is 1. The van der Waals surface area contributed by atoms with Gasteiger partial charge in [0.1, 0.15) is 11.5 Å². The third-order valence-corrected chi connectivity index (χ3v) is 7.23. The van der Waals surface area contributed by atoms with E-state index < -0.39 is 21.5 Å². The van der Waals surface area contributed by atoms with Crippen molar-refractivity contribution in [2.45, 2.75) is 11.8 Å². The summed E-state index contributed by atoms with van der Waals surface area (Å²) < 4.78 is 31.7. The van der Waals surface area contributed by atoms with Crippen molar-refractivity contribution in [2.24, 2.45) is 0 Å². The van der Waals surface area contributed by atoms with Gasteiger partial charge < -0.3 is 9.64 Å². The number of nitrogens with zero attached hydrogens (tertiary/aromatic N) is 3. The monoisotopic (exact) mass is 447 g/mol. The molecule has 0 N–H and O–H groups in total. The molecule has 9 heteroatoms. The first-order valence-corrected chi connectivity index (χ1v) is 11.9. The van der Waals surface area contributed by atoms with Crippen LogP contribution in [-0.4, -0.2) is 64.3 Å². The second-order valence-corrected chi connectivity index (χ2v) is 10.2. The van der Waals surface area contributed by atoms with Gasteiger partial charge in [-0.05, 0) is 63.0 Å². The summed E-state index contributed by atoms with van der Waals surface area (Å²) in [6.07, 6.45) is 0. The number of aryl methyl sites for hydroxylation is 1. The number of amides is 1. The van der Waals surface area contributed by atoms with Crippen LogP contribution in [0.1, 0.15) is 5.56 Å². The second-order valence-electron chi connectivity index (χ2n) is 7.25. The first-order valence-electron chi connectivity index (χ1n) is 9.39. The Labute approximate surface area is 180 Å². The Balaban J connectivity index is 1.89. The molecule has 0 saturated carbocycles. The third kappa shape index (κ3) is 5.16. The highest BCUT2D eigenvalue weighted by molar-refractivity contribution is 7.92. The fourth-order valence-electron chi connectivity index (χ4n) is 2.87. The number of hydrogen-bond acceptors (Lipinski definition) is 7. The van der Waals surface area contributed by atoms with Gasteiger partial charge in [-0.3, -0.25) is 9.69 Å². The minimum Gasteiger partial charge on any atom is -0.497 e. The molecule has 0 spiro atoms. The maximum atomic E-state index is 13.1. The summed E-state index contributed by atoms with van der Waals surface area (Å²) in [5, 5.41) is 0.507. The summed E-state index contributed by atoms with van der Waals surface area (Å²) in [5.74, 6) is -0.567. The van der Waals surface area contributed by atoms with E-state index in [4.69, 9.17) is 4.74 Å². The Bertz CT molecular complexity index is 1140. The van der Waals surface area contributed by atoms with Crippen LogP contribution in [0.3, 0.4) is 0 Å². The fraction of sp³-hybridized carbons (Fsp3) is 0.333. The summed E-state index contributed by atoms with van der Waals surface area (Å²) in [7, 11) is 1.52. The van der Waals surface area contributed by atoms with Gasteiger partial charge in [-0.2, -0.15) is 0 Å². The normalized spacial score (nSPS) is 11.8. The molecule has 0 fully saturated rings. The highest BCUT2D eigenvalue weighted by atomic mass is 32.2. The van der Waals surface area contributed by atoms with E-state index in [1.54, 1.807) is 12.1 Å². The number of sulfone groups is 1. The van der Waals surface area contributed by atoms with E-state index in [1.807, 2.05) is 44.1 Å². The Hall–Kier alpha value is -2.49. The van der Waals surface area contributed by atoms with Crippen LogP contribution in [-0.2, 0) is 14.6 Å². The molecular formula is C21H25N3O4S2. The summed E-state index contributed by atoms with van der Waals surface area (Å²) in [6.45, 7) is 2.93. The highest BCUT2D eigenvalue weighted by Gasteiger charge is 2.26. The second kappa shape index (κ2) is 9.11. The Kier molecular flexibility index (Phi) is 6.74. The van der Waals surface area contributed by atoms with Crippen molar-refractivity contribution in [3.8, 4) is 5.75 Å². The molecule has 160 valence electrons. The molecule has 0 aliphatic rings. The molecule has 0 unspecified atom stereocenters. The number of aromatic nitrogens is 1. The van der Waals surface area contributed by atoms with Crippen LogP contribution in [0.2, 0.25) is 0 Å². The van der Waals surface area contributed by atoms with E-state index >= 15 is 0 Å². The molecule has 0 bridgehead atoms. The molecule has 0 saturated heterocycles. The Morgan fingerprint density at radius 1 is 1.10 bits per heavy atom. The van der Waals surface area contributed by atoms with Gasteiger partial charge in [0.25, 0.3) is 0 Å². The van der Waals surface area contributed by atoms with Crippen molar-refractivity contribution in [3.05, 3.63) is 48.0 Å². The van der Waals surface area contributed by atoms with Gasteiger partial charge in [-0.1, -0.05) is 17.4 Å². The molecule has 0 atom stereocenters. The number of rotatable bonds is 8. The maximum absolute atomic E-state index is 13.1. The van der Waals surface area contributed by atoms with Crippen LogP contribution in [0, 0.1) is 6.92 Å². The van der Waals surface area contributed by atoms with E-state index in [0.717, 1.165) is 15.8 Å².